The van der Waals surface area contributed by atoms with E-state index in [4.69, 9.17) is 9.05 Å². The van der Waals surface area contributed by atoms with Crippen LogP contribution in [0.3, 0.4) is 0 Å². The molecule has 0 saturated carbocycles. The highest BCUT2D eigenvalue weighted by atomic mass is 31.2. The van der Waals surface area contributed by atoms with Crippen LogP contribution in [0.2, 0.25) is 0 Å². The number of rotatable bonds is 68. The van der Waals surface area contributed by atoms with E-state index in [-0.39, 0.29) is 19.1 Å². The Balaban J connectivity index is 4.01. The Hall–Kier alpha value is -2.06. The molecule has 0 heterocycles. The van der Waals surface area contributed by atoms with Crippen LogP contribution in [-0.2, 0) is 18.4 Å². The zero-order valence-electron chi connectivity index (χ0n) is 57.1. The molecule has 0 rings (SSSR count). The van der Waals surface area contributed by atoms with Crippen molar-refractivity contribution in [1.82, 2.24) is 5.32 Å². The lowest BCUT2D eigenvalue weighted by Crippen LogP contribution is -2.46. The highest BCUT2D eigenvalue weighted by Crippen LogP contribution is 2.38. The summed E-state index contributed by atoms with van der Waals surface area (Å²) < 4.78 is 23.6. The van der Waals surface area contributed by atoms with E-state index in [1.807, 2.05) is 21.1 Å². The van der Waals surface area contributed by atoms with Crippen LogP contribution >= 0.6 is 7.82 Å². The smallest absolute Gasteiger partial charge is 0.268 e. The molecule has 2 N–H and O–H groups in total. The minimum Gasteiger partial charge on any atom is -0.756 e. The van der Waals surface area contributed by atoms with Crippen LogP contribution < -0.4 is 10.2 Å². The van der Waals surface area contributed by atoms with Crippen LogP contribution in [0.5, 0.6) is 0 Å². The van der Waals surface area contributed by atoms with E-state index in [9.17, 15) is 19.4 Å². The summed E-state index contributed by atoms with van der Waals surface area (Å²) >= 11 is 0. The van der Waals surface area contributed by atoms with Crippen LogP contribution in [0.1, 0.15) is 354 Å². The molecule has 0 saturated heterocycles. The van der Waals surface area contributed by atoms with Gasteiger partial charge in [0.15, 0.2) is 0 Å². The standard InChI is InChI=1S/C76H143N2O6P/c1-6-8-10-12-14-16-18-20-22-24-26-28-30-32-34-36-38-39-40-42-44-46-48-50-52-54-56-58-60-62-64-66-68-70-76(80)77-74(73-84-85(81,82)83-72-71-78(3,4)5)75(79)69-67-65-63-61-59-57-55-53-51-49-47-45-43-41-37-35-33-31-29-27-25-23-21-19-17-15-13-11-9-7-2/h8,10,14,16,20,22,26,28,32,34,38-39,74-75,79H,6-7,9,11-13,15,17-19,21,23-25,27,29-31,33,35-37,40-73H2,1-5H3,(H-,77,80,81,82)/b10-8-,16-14-,22-20-,28-26-,34-32-,39-38-. The number of hydrogen-bond acceptors (Lipinski definition) is 6. The number of carbonyl (C=O) groups is 1. The molecule has 0 aliphatic rings. The number of nitrogens with zero attached hydrogens (tertiary/aromatic N) is 1. The van der Waals surface area contributed by atoms with Crippen molar-refractivity contribution in [1.29, 1.82) is 0 Å². The zero-order chi connectivity index (χ0) is 61.9. The predicted octanol–water partition coefficient (Wildman–Crippen LogP) is 23.1. The minimum absolute atomic E-state index is 0.0112. The van der Waals surface area contributed by atoms with Crippen molar-refractivity contribution in [3.63, 3.8) is 0 Å². The largest absolute Gasteiger partial charge is 0.756 e. The van der Waals surface area contributed by atoms with E-state index < -0.39 is 20.0 Å². The highest BCUT2D eigenvalue weighted by Gasteiger charge is 2.24. The summed E-state index contributed by atoms with van der Waals surface area (Å²) in [5.41, 5.74) is 0. The molecule has 0 fully saturated rings. The van der Waals surface area contributed by atoms with Crippen molar-refractivity contribution in [3.05, 3.63) is 72.9 Å². The molecule has 0 radical (unpaired) electrons. The fourth-order valence-electron chi connectivity index (χ4n) is 11.0. The molecule has 1 amide bonds. The number of aliphatic hydroxyl groups is 1. The molecule has 0 bridgehead atoms. The maximum atomic E-state index is 13.1. The number of quaternary nitrogens is 1. The second-order valence-corrected chi connectivity index (χ2v) is 27.7. The molecule has 0 aliphatic heterocycles. The number of nitrogens with one attached hydrogen (secondary N) is 1. The highest BCUT2D eigenvalue weighted by molar-refractivity contribution is 7.45. The van der Waals surface area contributed by atoms with Crippen LogP contribution in [0.4, 0.5) is 0 Å². The molecule has 0 spiro atoms. The van der Waals surface area contributed by atoms with E-state index in [0.29, 0.717) is 23.9 Å². The van der Waals surface area contributed by atoms with Crippen LogP contribution in [-0.4, -0.2) is 68.5 Å². The number of phosphoric acid groups is 1. The van der Waals surface area contributed by atoms with Crippen molar-refractivity contribution < 1.29 is 32.9 Å². The van der Waals surface area contributed by atoms with Gasteiger partial charge in [-0.3, -0.25) is 9.36 Å². The SMILES string of the molecule is CC/C=C\C/C=C\C/C=C\C/C=C\C/C=C\C/C=C\CCCCCCCCCCCCCCCCC(=O)NC(COP(=O)([O-])OCC[N+](C)(C)C)C(O)CCCCCCCCCCCCCCCCCCCCCCCCCCCCCCCC. The summed E-state index contributed by atoms with van der Waals surface area (Å²) in [4.78, 5) is 25.7. The van der Waals surface area contributed by atoms with Gasteiger partial charge in [-0.2, -0.15) is 0 Å². The third kappa shape index (κ3) is 69.3. The molecular formula is C76H143N2O6P. The Labute approximate surface area is 529 Å². The lowest BCUT2D eigenvalue weighted by atomic mass is 10.0. The maximum absolute atomic E-state index is 13.1. The molecule has 3 atom stereocenters. The van der Waals surface area contributed by atoms with Crippen molar-refractivity contribution in [2.75, 3.05) is 40.9 Å². The first kappa shape index (κ1) is 82.9. The molecule has 85 heavy (non-hydrogen) atoms. The van der Waals surface area contributed by atoms with Crippen LogP contribution in [0.25, 0.3) is 0 Å². The fourth-order valence-corrected chi connectivity index (χ4v) is 11.8. The van der Waals surface area contributed by atoms with Gasteiger partial charge in [-0.15, -0.1) is 0 Å². The molecule has 0 aromatic rings. The van der Waals surface area contributed by atoms with Gasteiger partial charge in [0.2, 0.25) is 5.91 Å². The Morgan fingerprint density at radius 2 is 0.718 bits per heavy atom. The van der Waals surface area contributed by atoms with E-state index in [1.165, 1.54) is 250 Å². The first-order chi connectivity index (χ1) is 41.5. The average molecular weight is 1210 g/mol. The van der Waals surface area contributed by atoms with E-state index in [1.54, 1.807) is 0 Å². The molecule has 9 heteroatoms. The molecule has 0 aromatic carbocycles. The van der Waals surface area contributed by atoms with Crippen molar-refractivity contribution in [2.24, 2.45) is 0 Å². The van der Waals surface area contributed by atoms with Gasteiger partial charge in [-0.05, 0) is 64.2 Å². The summed E-state index contributed by atoms with van der Waals surface area (Å²) in [5, 5.41) is 14.1. The van der Waals surface area contributed by atoms with Gasteiger partial charge in [-0.25, -0.2) is 0 Å². The number of carbonyl (C=O) groups excluding carboxylic acids is 1. The summed E-state index contributed by atoms with van der Waals surface area (Å²) in [5.74, 6) is -0.162. The van der Waals surface area contributed by atoms with Crippen molar-refractivity contribution >= 4 is 13.7 Å². The molecule has 0 aromatic heterocycles. The first-order valence-corrected chi connectivity index (χ1v) is 38.2. The topological polar surface area (TPSA) is 108 Å². The van der Waals surface area contributed by atoms with Gasteiger partial charge in [0, 0.05) is 6.42 Å². The number of amides is 1. The fraction of sp³-hybridized carbons (Fsp3) is 0.829. The second-order valence-electron chi connectivity index (χ2n) is 26.3. The van der Waals surface area contributed by atoms with E-state index >= 15 is 0 Å². The summed E-state index contributed by atoms with van der Waals surface area (Å²) in [7, 11) is 1.31. The third-order valence-electron chi connectivity index (χ3n) is 16.7. The molecule has 3 unspecified atom stereocenters. The normalized spacial score (nSPS) is 14.0. The Bertz CT molecular complexity index is 1620. The lowest BCUT2D eigenvalue weighted by molar-refractivity contribution is -0.870. The average Bonchev–Trinajstić information content (AvgIpc) is 3.49. The Morgan fingerprint density at radius 1 is 0.424 bits per heavy atom. The summed E-state index contributed by atoms with van der Waals surface area (Å²) in [6, 6.07) is -0.806. The van der Waals surface area contributed by atoms with Crippen molar-refractivity contribution in [3.8, 4) is 0 Å². The van der Waals surface area contributed by atoms with Gasteiger partial charge in [0.25, 0.3) is 7.82 Å². The third-order valence-corrected chi connectivity index (χ3v) is 17.7. The van der Waals surface area contributed by atoms with Gasteiger partial charge in [0.1, 0.15) is 13.2 Å². The number of likely N-dealkylation sites (N-methyl/N-ethyl adjacent to an activating group) is 1. The monoisotopic (exact) mass is 1210 g/mol. The van der Waals surface area contributed by atoms with Gasteiger partial charge < -0.3 is 28.8 Å². The van der Waals surface area contributed by atoms with E-state index in [2.05, 4.69) is 92.1 Å². The Kier molecular flexibility index (Phi) is 64.8. The maximum Gasteiger partial charge on any atom is 0.268 e. The number of allylic oxidation sites excluding steroid dienone is 12. The second kappa shape index (κ2) is 66.4. The number of aliphatic hydroxyl groups excluding tert-OH is 1. The minimum atomic E-state index is -4.59. The lowest BCUT2D eigenvalue weighted by Gasteiger charge is -2.30. The Morgan fingerprint density at radius 3 is 1.05 bits per heavy atom. The van der Waals surface area contributed by atoms with Crippen molar-refractivity contribution in [2.45, 2.75) is 366 Å². The molecule has 0 aliphatic carbocycles. The van der Waals surface area contributed by atoms with Gasteiger partial charge in [-0.1, -0.05) is 356 Å². The quantitative estimate of drug-likeness (QED) is 0.0272. The summed E-state index contributed by atoms with van der Waals surface area (Å²) in [6.07, 6.45) is 92.7. The predicted molar refractivity (Wildman–Crippen MR) is 371 cm³/mol. The van der Waals surface area contributed by atoms with Gasteiger partial charge in [0.05, 0.1) is 39.9 Å². The van der Waals surface area contributed by atoms with Gasteiger partial charge >= 0.3 is 0 Å². The summed E-state index contributed by atoms with van der Waals surface area (Å²) in [6.45, 7) is 4.65. The number of phosphoric ester groups is 1. The number of hydrogen-bond donors (Lipinski definition) is 2. The van der Waals surface area contributed by atoms with E-state index in [0.717, 1.165) is 77.0 Å². The number of unbranched alkanes of at least 4 members (excludes halogenated alkanes) is 43. The molecular weight excluding hydrogens is 1070 g/mol. The zero-order valence-corrected chi connectivity index (χ0v) is 58.0. The van der Waals surface area contributed by atoms with Crippen LogP contribution in [0, 0.1) is 0 Å². The van der Waals surface area contributed by atoms with Crippen LogP contribution in [0.15, 0.2) is 72.9 Å². The molecule has 498 valence electrons. The molecule has 8 nitrogen and oxygen atoms in total. The first-order valence-electron chi connectivity index (χ1n) is 36.8.